The van der Waals surface area contributed by atoms with E-state index in [4.69, 9.17) is 9.16 Å². The second-order valence-electron chi connectivity index (χ2n) is 7.19. The van der Waals surface area contributed by atoms with Crippen molar-refractivity contribution in [3.63, 3.8) is 0 Å². The minimum atomic E-state index is -1.85. The maximum atomic E-state index is 13.4. The summed E-state index contributed by atoms with van der Waals surface area (Å²) in [6, 6.07) is 6.36. The first-order valence-electron chi connectivity index (χ1n) is 7.90. The lowest BCUT2D eigenvalue weighted by Gasteiger charge is -2.37. The van der Waals surface area contributed by atoms with Crippen LogP contribution in [0, 0.1) is 5.82 Å². The fourth-order valence-electron chi connectivity index (χ4n) is 1.81. The molecule has 2 atom stereocenters. The van der Waals surface area contributed by atoms with Crippen LogP contribution in [0.2, 0.25) is 18.1 Å². The van der Waals surface area contributed by atoms with Crippen LogP contribution in [0.4, 0.5) is 4.39 Å². The number of halogens is 1. The summed E-state index contributed by atoms with van der Waals surface area (Å²) >= 11 is 0. The third-order valence-electron chi connectivity index (χ3n) is 4.39. The molecular weight excluding hydrogens is 307 g/mol. The third kappa shape index (κ3) is 5.72. The number of ether oxygens (including phenoxy) is 1. The lowest BCUT2D eigenvalue weighted by Crippen LogP contribution is -2.42. The van der Waals surface area contributed by atoms with E-state index in [1.165, 1.54) is 12.1 Å². The summed E-state index contributed by atoms with van der Waals surface area (Å²) in [4.78, 5) is 0. The predicted molar refractivity (Wildman–Crippen MR) is 97.6 cm³/mol. The molecule has 0 fully saturated rings. The van der Waals surface area contributed by atoms with Crippen molar-refractivity contribution in [1.82, 2.24) is 0 Å². The SMILES string of the molecule is C=C[C@H](CO[Si](C)(C)C(C)(C)C)O[C@@H](C=C)c1cccc(F)c1. The zero-order valence-corrected chi connectivity index (χ0v) is 15.9. The molecule has 2 nitrogen and oxygen atoms in total. The summed E-state index contributed by atoms with van der Waals surface area (Å²) in [5.41, 5.74) is 0.735. The zero-order chi connectivity index (χ0) is 17.7. The molecule has 0 aliphatic rings. The molecule has 0 radical (unpaired) electrons. The molecule has 0 aromatic heterocycles. The molecule has 0 aliphatic heterocycles. The molecule has 0 bridgehead atoms. The number of rotatable bonds is 8. The largest absolute Gasteiger partial charge is 0.414 e. The van der Waals surface area contributed by atoms with Crippen LogP contribution in [0.3, 0.4) is 0 Å². The average Bonchev–Trinajstić information content (AvgIpc) is 2.46. The molecule has 0 saturated heterocycles. The van der Waals surface area contributed by atoms with Gasteiger partial charge < -0.3 is 9.16 Å². The highest BCUT2D eigenvalue weighted by Crippen LogP contribution is 2.36. The molecule has 0 unspecified atom stereocenters. The Kier molecular flexibility index (Phi) is 6.93. The molecular formula is C19H29FO2Si. The second-order valence-corrected chi connectivity index (χ2v) is 12.0. The van der Waals surface area contributed by atoms with Gasteiger partial charge in [0.15, 0.2) is 8.32 Å². The van der Waals surface area contributed by atoms with E-state index >= 15 is 0 Å². The van der Waals surface area contributed by atoms with Crippen molar-refractivity contribution in [2.75, 3.05) is 6.61 Å². The monoisotopic (exact) mass is 336 g/mol. The smallest absolute Gasteiger partial charge is 0.192 e. The van der Waals surface area contributed by atoms with Gasteiger partial charge in [-0.15, -0.1) is 13.2 Å². The number of hydrogen-bond acceptors (Lipinski definition) is 2. The maximum absolute atomic E-state index is 13.4. The minimum Gasteiger partial charge on any atom is -0.414 e. The van der Waals surface area contributed by atoms with E-state index in [2.05, 4.69) is 47.0 Å². The first-order valence-corrected chi connectivity index (χ1v) is 10.8. The van der Waals surface area contributed by atoms with E-state index in [-0.39, 0.29) is 17.0 Å². The van der Waals surface area contributed by atoms with Crippen molar-refractivity contribution in [2.45, 2.75) is 51.1 Å². The standard InChI is InChI=1S/C19H29FO2Si/c1-8-17(14-21-23(6,7)19(3,4)5)22-18(9-2)15-11-10-12-16(20)13-15/h8-13,17-18H,1-2,14H2,3-7H3/t17-,18+/m1/s1. The summed E-state index contributed by atoms with van der Waals surface area (Å²) in [6.45, 7) is 19.0. The molecule has 0 saturated carbocycles. The van der Waals surface area contributed by atoms with Crippen LogP contribution in [0.15, 0.2) is 49.6 Å². The van der Waals surface area contributed by atoms with Crippen LogP contribution in [0.25, 0.3) is 0 Å². The molecule has 23 heavy (non-hydrogen) atoms. The molecule has 4 heteroatoms. The number of hydrogen-bond donors (Lipinski definition) is 0. The molecule has 0 aliphatic carbocycles. The molecule has 1 aromatic rings. The van der Waals surface area contributed by atoms with Gasteiger partial charge in [0, 0.05) is 0 Å². The van der Waals surface area contributed by atoms with Gasteiger partial charge in [-0.05, 0) is 35.8 Å². The van der Waals surface area contributed by atoms with E-state index < -0.39 is 14.4 Å². The fraction of sp³-hybridized carbons (Fsp3) is 0.474. The Morgan fingerprint density at radius 2 is 1.87 bits per heavy atom. The summed E-state index contributed by atoms with van der Waals surface area (Å²) < 4.78 is 25.6. The Balaban J connectivity index is 2.75. The molecule has 0 N–H and O–H groups in total. The topological polar surface area (TPSA) is 18.5 Å². The molecule has 128 valence electrons. The van der Waals surface area contributed by atoms with Crippen molar-refractivity contribution in [1.29, 1.82) is 0 Å². The summed E-state index contributed by atoms with van der Waals surface area (Å²) in [5.74, 6) is -0.286. The van der Waals surface area contributed by atoms with Crippen LogP contribution >= 0.6 is 0 Å². The normalized spacial score (nSPS) is 15.0. The van der Waals surface area contributed by atoms with Crippen molar-refractivity contribution in [3.05, 3.63) is 61.0 Å². The molecule has 1 aromatic carbocycles. The zero-order valence-electron chi connectivity index (χ0n) is 14.9. The molecule has 0 amide bonds. The van der Waals surface area contributed by atoms with Gasteiger partial charge in [0.1, 0.15) is 11.9 Å². The van der Waals surface area contributed by atoms with Crippen LogP contribution in [0.1, 0.15) is 32.4 Å². The van der Waals surface area contributed by atoms with Crippen molar-refractivity contribution in [2.24, 2.45) is 0 Å². The van der Waals surface area contributed by atoms with Crippen molar-refractivity contribution >= 4 is 8.32 Å². The lowest BCUT2D eigenvalue weighted by molar-refractivity contribution is 0.0109. The Hall–Kier alpha value is -1.23. The van der Waals surface area contributed by atoms with Crippen LogP contribution < -0.4 is 0 Å². The van der Waals surface area contributed by atoms with Gasteiger partial charge in [-0.25, -0.2) is 4.39 Å². The maximum Gasteiger partial charge on any atom is 0.192 e. The minimum absolute atomic E-state index is 0.138. The van der Waals surface area contributed by atoms with Crippen LogP contribution in [-0.4, -0.2) is 21.0 Å². The summed E-state index contributed by atoms with van der Waals surface area (Å²) in [6.07, 6.45) is 2.73. The summed E-state index contributed by atoms with van der Waals surface area (Å²) in [7, 11) is -1.85. The Labute approximate surface area is 141 Å². The predicted octanol–water partition coefficient (Wildman–Crippen LogP) is 5.65. The van der Waals surface area contributed by atoms with Gasteiger partial charge in [-0.1, -0.05) is 45.1 Å². The van der Waals surface area contributed by atoms with E-state index in [9.17, 15) is 4.39 Å². The first kappa shape index (κ1) is 19.8. The highest BCUT2D eigenvalue weighted by molar-refractivity contribution is 6.74. The second kappa shape index (κ2) is 8.04. The summed E-state index contributed by atoms with van der Waals surface area (Å²) in [5, 5.41) is 0.138. The van der Waals surface area contributed by atoms with Crippen molar-refractivity contribution in [3.8, 4) is 0 Å². The van der Waals surface area contributed by atoms with E-state index in [1.54, 1.807) is 18.2 Å². The van der Waals surface area contributed by atoms with E-state index in [0.717, 1.165) is 5.56 Å². The Morgan fingerprint density at radius 1 is 1.22 bits per heavy atom. The Morgan fingerprint density at radius 3 is 2.35 bits per heavy atom. The third-order valence-corrected chi connectivity index (χ3v) is 8.89. The van der Waals surface area contributed by atoms with Gasteiger partial charge in [-0.2, -0.15) is 0 Å². The quantitative estimate of drug-likeness (QED) is 0.451. The lowest BCUT2D eigenvalue weighted by atomic mass is 10.1. The van der Waals surface area contributed by atoms with Crippen LogP contribution in [0.5, 0.6) is 0 Å². The average molecular weight is 337 g/mol. The molecule has 0 spiro atoms. The Bertz CT molecular complexity index is 534. The van der Waals surface area contributed by atoms with Gasteiger partial charge >= 0.3 is 0 Å². The fourth-order valence-corrected chi connectivity index (χ4v) is 2.83. The van der Waals surface area contributed by atoms with E-state index in [1.807, 2.05) is 6.07 Å². The number of benzene rings is 1. The molecule has 0 heterocycles. The van der Waals surface area contributed by atoms with Gasteiger partial charge in [0.2, 0.25) is 0 Å². The van der Waals surface area contributed by atoms with Crippen LogP contribution in [-0.2, 0) is 9.16 Å². The van der Waals surface area contributed by atoms with E-state index in [0.29, 0.717) is 6.61 Å². The van der Waals surface area contributed by atoms with Gasteiger partial charge in [-0.3, -0.25) is 0 Å². The highest BCUT2D eigenvalue weighted by atomic mass is 28.4. The molecule has 1 rings (SSSR count). The van der Waals surface area contributed by atoms with Gasteiger partial charge in [0.25, 0.3) is 0 Å². The van der Waals surface area contributed by atoms with Crippen molar-refractivity contribution < 1.29 is 13.6 Å². The highest BCUT2D eigenvalue weighted by Gasteiger charge is 2.37. The van der Waals surface area contributed by atoms with Gasteiger partial charge in [0.05, 0.1) is 12.7 Å². The first-order chi connectivity index (χ1) is 10.6.